The van der Waals surface area contributed by atoms with E-state index < -0.39 is 99.8 Å². The molecule has 2 saturated heterocycles. The third-order valence-electron chi connectivity index (χ3n) is 20.6. The molecule has 2 aromatic rings. The normalized spacial score (nSPS) is 23.6. The average Bonchev–Trinajstić information content (AvgIpc) is 1.53. The van der Waals surface area contributed by atoms with E-state index in [9.17, 15) is 57.5 Å². The molecule has 25 heteroatoms. The van der Waals surface area contributed by atoms with Crippen LogP contribution in [0, 0.1) is 68.0 Å². The lowest BCUT2D eigenvalue weighted by Gasteiger charge is -2.39. The lowest BCUT2D eigenvalue weighted by atomic mass is 9.80. The molecule has 4 heterocycles. The molecule has 6 fully saturated rings. The predicted molar refractivity (Wildman–Crippen MR) is 354 cm³/mol. The Kier molecular flexibility index (Phi) is 24.5. The SMILES string of the molecule is CC(C)(C)[C@@H](Cn1ccccc1=O)N=C=O.CC(C)(C)[C@H](N)C(=O)N1C[C@H]2[C@@H](C1C(=O)NC(CC1CCC1)C(=O)C(N)=O)C2(C)C.CC(C)(C)[C@H](NC(=O)N[C@H](Cn1ccccc1=O)C(C)(C)C)C(=O)N1C[C@H]2[C@@H](C1C(=O)NC(CC1CCC1)C(=O)C(N)=O)C2(C)C.Cl. The van der Waals surface area contributed by atoms with Crippen LogP contribution in [0.2, 0.25) is 0 Å². The first-order valence-corrected chi connectivity index (χ1v) is 32.5. The number of hydrogen-bond donors (Lipinski definition) is 7. The smallest absolute Gasteiger partial charge is 0.315 e. The minimum atomic E-state index is -1.10. The minimum Gasteiger partial charge on any atom is -0.363 e. The van der Waals surface area contributed by atoms with Crippen LogP contribution >= 0.6 is 12.4 Å². The van der Waals surface area contributed by atoms with Crippen molar-refractivity contribution < 1.29 is 47.9 Å². The van der Waals surface area contributed by atoms with Crippen LogP contribution in [0.1, 0.15) is 162 Å². The fourth-order valence-electron chi connectivity index (χ4n) is 13.5. The number of amides is 8. The van der Waals surface area contributed by atoms with Crippen molar-refractivity contribution in [1.29, 1.82) is 0 Å². The molecule has 516 valence electrons. The predicted octanol–water partition coefficient (Wildman–Crippen LogP) is 4.78. The van der Waals surface area contributed by atoms with Crippen LogP contribution in [0.3, 0.4) is 0 Å². The number of primary amides is 2. The molecule has 4 unspecified atom stereocenters. The molecule has 2 aromatic heterocycles. The number of Topliss-reactive ketones (excluding diaryl/α,β-unsaturated/α-hetero) is 2. The van der Waals surface area contributed by atoms with Gasteiger partial charge in [0.25, 0.3) is 22.9 Å². The fraction of sp³-hybridized carbons (Fsp3) is 0.706. The second-order valence-corrected chi connectivity index (χ2v) is 32.1. The number of aromatic nitrogens is 2. The van der Waals surface area contributed by atoms with Crippen molar-refractivity contribution in [3.63, 3.8) is 0 Å². The maximum atomic E-state index is 14.3. The van der Waals surface area contributed by atoms with Gasteiger partial charge in [-0.15, -0.1) is 12.4 Å². The molecule has 4 aliphatic carbocycles. The molecular formula is C68H105ClN12O12. The highest BCUT2D eigenvalue weighted by Crippen LogP contribution is 2.66. The van der Waals surface area contributed by atoms with Crippen molar-refractivity contribution in [2.24, 2.45) is 90.2 Å². The molecule has 4 saturated carbocycles. The zero-order valence-electron chi connectivity index (χ0n) is 57.5. The number of nitrogens with two attached hydrogens (primary N) is 3. The molecule has 6 aliphatic rings. The highest BCUT2D eigenvalue weighted by molar-refractivity contribution is 6.38. The standard InChI is InChI=1S/C34H52N6O6.C22H36N4O4.C12H16N2O2.ClH/c1-32(2,3)22(18-39-15-10-9-14-23(39)41)37-31(46)38-27(33(4,5)6)30(45)40-17-20-24(34(20,7)8)25(40)29(44)36-21(26(42)28(35)43)16-19-12-11-13-19;1-21(2,3)17(23)20(30)26-10-12-14(22(12,4)5)15(26)19(29)25-13(16(27)18(24)28)9-11-7-6-8-11;1-12(2,3)10(13-9-15)8-14-7-5-4-6-11(14)16;/h9-10,14-15,19-22,24-25,27H,11-13,16-18H2,1-8H3,(H2,35,43)(H,36,44)(H2,37,38,46);11-15,17H,6-10,23H2,1-5H3,(H2,24,28)(H,25,29);4-7,10H,8H2,1-3H3;1H/t20-,21?,22+,24-,25?,27+;12-,13?,14-,15?,17+;10-;/m001./s1. The van der Waals surface area contributed by atoms with Gasteiger partial charge in [-0.05, 0) is 93.0 Å². The summed E-state index contributed by atoms with van der Waals surface area (Å²) >= 11 is 0. The Morgan fingerprint density at radius 1 is 0.581 bits per heavy atom. The summed E-state index contributed by atoms with van der Waals surface area (Å²) in [5.74, 6) is -4.54. The molecule has 12 atom stereocenters. The largest absolute Gasteiger partial charge is 0.363 e. The lowest BCUT2D eigenvalue weighted by Crippen LogP contribution is -2.62. The number of nitrogens with zero attached hydrogens (tertiary/aromatic N) is 5. The van der Waals surface area contributed by atoms with E-state index in [-0.39, 0.29) is 93.8 Å². The van der Waals surface area contributed by atoms with Crippen LogP contribution in [-0.2, 0) is 56.2 Å². The van der Waals surface area contributed by atoms with Crippen LogP contribution in [0.5, 0.6) is 0 Å². The van der Waals surface area contributed by atoms with Gasteiger partial charge in [-0.2, -0.15) is 0 Å². The number of ketones is 2. The van der Waals surface area contributed by atoms with Gasteiger partial charge in [0.15, 0.2) is 0 Å². The van der Waals surface area contributed by atoms with Gasteiger partial charge in [0, 0.05) is 50.7 Å². The Morgan fingerprint density at radius 3 is 1.32 bits per heavy atom. The van der Waals surface area contributed by atoms with Gasteiger partial charge in [-0.1, -0.05) is 161 Å². The summed E-state index contributed by atoms with van der Waals surface area (Å²) in [5.41, 5.74) is 14.5. The van der Waals surface area contributed by atoms with Gasteiger partial charge in [-0.25, -0.2) is 14.6 Å². The summed E-state index contributed by atoms with van der Waals surface area (Å²) in [5, 5.41) is 11.4. The van der Waals surface area contributed by atoms with E-state index in [2.05, 4.69) is 54.0 Å². The van der Waals surface area contributed by atoms with E-state index in [0.717, 1.165) is 38.5 Å². The monoisotopic (exact) mass is 1320 g/mol. The number of hydrogen-bond acceptors (Lipinski definition) is 14. The number of fused-ring (bicyclic) bond motifs is 2. The maximum Gasteiger partial charge on any atom is 0.315 e. The van der Waals surface area contributed by atoms with Crippen LogP contribution in [0.4, 0.5) is 4.79 Å². The number of rotatable bonds is 21. The second-order valence-electron chi connectivity index (χ2n) is 32.1. The lowest BCUT2D eigenvalue weighted by molar-refractivity contribution is -0.145. The van der Waals surface area contributed by atoms with E-state index in [1.807, 2.05) is 83.1 Å². The molecule has 8 rings (SSSR count). The Balaban J connectivity index is 0.000000284. The molecule has 0 aromatic carbocycles. The van der Waals surface area contributed by atoms with E-state index in [1.165, 1.54) is 21.6 Å². The number of nitrogens with one attached hydrogen (secondary N) is 4. The quantitative estimate of drug-likeness (QED) is 0.0503. The second kappa shape index (κ2) is 29.7. The molecule has 0 spiro atoms. The van der Waals surface area contributed by atoms with Gasteiger partial charge in [-0.3, -0.25) is 47.9 Å². The average molecular weight is 1320 g/mol. The van der Waals surface area contributed by atoms with Crippen LogP contribution in [-0.4, -0.2) is 139 Å². The van der Waals surface area contributed by atoms with Crippen molar-refractivity contribution in [2.45, 2.75) is 224 Å². The van der Waals surface area contributed by atoms with Gasteiger partial charge in [0.05, 0.1) is 30.2 Å². The first-order chi connectivity index (χ1) is 42.4. The third kappa shape index (κ3) is 18.5. The van der Waals surface area contributed by atoms with E-state index in [4.69, 9.17) is 17.2 Å². The Morgan fingerprint density at radius 2 is 0.989 bits per heavy atom. The van der Waals surface area contributed by atoms with Crippen molar-refractivity contribution in [3.8, 4) is 0 Å². The highest BCUT2D eigenvalue weighted by atomic mass is 35.5. The summed E-state index contributed by atoms with van der Waals surface area (Å²) in [7, 11) is 0. The van der Waals surface area contributed by atoms with Crippen LogP contribution in [0.15, 0.2) is 63.4 Å². The van der Waals surface area contributed by atoms with E-state index >= 15 is 0 Å². The van der Waals surface area contributed by atoms with Crippen molar-refractivity contribution >= 4 is 71.5 Å². The Labute approximate surface area is 553 Å². The van der Waals surface area contributed by atoms with Crippen molar-refractivity contribution in [1.82, 2.24) is 40.2 Å². The number of pyridine rings is 2. The Bertz CT molecular complexity index is 3260. The number of isocyanates is 1. The molecule has 2 aliphatic heterocycles. The van der Waals surface area contributed by atoms with Gasteiger partial charge < -0.3 is 57.4 Å². The zero-order chi connectivity index (χ0) is 69.1. The number of aliphatic imine (C=N–C) groups is 1. The van der Waals surface area contributed by atoms with Crippen molar-refractivity contribution in [3.05, 3.63) is 69.5 Å². The molecule has 10 N–H and O–H groups in total. The number of urea groups is 1. The summed E-state index contributed by atoms with van der Waals surface area (Å²) < 4.78 is 3.09. The molecule has 0 radical (unpaired) electrons. The van der Waals surface area contributed by atoms with Crippen LogP contribution in [0.25, 0.3) is 0 Å². The van der Waals surface area contributed by atoms with Gasteiger partial charge in [0.1, 0.15) is 18.1 Å². The first kappa shape index (κ1) is 76.7. The maximum absolute atomic E-state index is 14.3. The number of piperidine rings is 2. The number of likely N-dealkylation sites (tertiary alicyclic amines) is 2. The van der Waals surface area contributed by atoms with Gasteiger partial charge >= 0.3 is 6.03 Å². The summed E-state index contributed by atoms with van der Waals surface area (Å²) in [6.07, 6.45) is 11.6. The van der Waals surface area contributed by atoms with E-state index in [0.29, 0.717) is 38.4 Å². The molecule has 0 bridgehead atoms. The molecule has 93 heavy (non-hydrogen) atoms. The first-order valence-electron chi connectivity index (χ1n) is 32.5. The summed E-state index contributed by atoms with van der Waals surface area (Å²) in [6.45, 7) is 32.8. The fourth-order valence-corrected chi connectivity index (χ4v) is 13.5. The highest BCUT2D eigenvalue weighted by Gasteiger charge is 2.71. The zero-order valence-corrected chi connectivity index (χ0v) is 58.3. The molecular weight excluding hydrogens is 1210 g/mol. The third-order valence-corrected chi connectivity index (χ3v) is 20.6. The van der Waals surface area contributed by atoms with E-state index in [1.54, 1.807) is 52.2 Å². The topological polar surface area (TPSA) is 360 Å². The number of carbonyl (C=O) groups excluding carboxylic acids is 10. The van der Waals surface area contributed by atoms with Crippen LogP contribution < -0.4 is 49.6 Å². The van der Waals surface area contributed by atoms with Gasteiger partial charge in [0.2, 0.25) is 41.3 Å². The Hall–Kier alpha value is -7.04. The number of carbonyl (C=O) groups is 9. The molecule has 8 amide bonds. The minimum absolute atomic E-state index is 0. The molecule has 24 nitrogen and oxygen atoms in total. The summed E-state index contributed by atoms with van der Waals surface area (Å²) in [4.78, 5) is 158. The number of halogens is 1. The van der Waals surface area contributed by atoms with Crippen molar-refractivity contribution in [2.75, 3.05) is 13.1 Å². The summed E-state index contributed by atoms with van der Waals surface area (Å²) in [6, 6.07) is 3.35.